The zero-order chi connectivity index (χ0) is 15.9. The first-order valence-corrected chi connectivity index (χ1v) is 9.73. The van der Waals surface area contributed by atoms with E-state index < -0.39 is 0 Å². The number of hydrogen-bond donors (Lipinski definition) is 0. The van der Waals surface area contributed by atoms with Crippen LogP contribution in [0, 0.1) is 0 Å². The van der Waals surface area contributed by atoms with Crippen molar-refractivity contribution >= 4 is 25.2 Å². The number of ketones is 1. The summed E-state index contributed by atoms with van der Waals surface area (Å²) in [6.45, 7) is 0. The number of rotatable bonds is 6. The average Bonchev–Trinajstić information content (AvgIpc) is 2.64. The second-order valence-electron chi connectivity index (χ2n) is 5.32. The Balaban J connectivity index is 1.84. The molecule has 0 heterocycles. The van der Waals surface area contributed by atoms with Gasteiger partial charge in [-0.25, -0.2) is 0 Å². The van der Waals surface area contributed by atoms with Gasteiger partial charge in [-0.2, -0.15) is 0 Å². The van der Waals surface area contributed by atoms with E-state index in [1.807, 2.05) is 54.6 Å². The molecule has 0 radical (unpaired) electrons. The zero-order valence-corrected chi connectivity index (χ0v) is 14.5. The van der Waals surface area contributed by atoms with E-state index in [1.165, 1.54) is 4.46 Å². The number of Topliss-reactive ketones (excluding diaryl/α,β-unsaturated/α-hetero) is 1. The third-order valence-electron chi connectivity index (χ3n) is 3.74. The Morgan fingerprint density at radius 1 is 0.739 bits per heavy atom. The molecule has 1 atom stereocenters. The molecule has 0 amide bonds. The van der Waals surface area contributed by atoms with E-state index >= 15 is 0 Å². The van der Waals surface area contributed by atoms with E-state index in [1.54, 1.807) is 0 Å². The predicted octanol–water partition coefficient (Wildman–Crippen LogP) is 4.10. The van der Waals surface area contributed by atoms with Crippen LogP contribution in [-0.4, -0.2) is 20.7 Å². The first kappa shape index (κ1) is 15.7. The molecule has 3 aromatic carbocycles. The van der Waals surface area contributed by atoms with Crippen molar-refractivity contribution in [1.29, 1.82) is 0 Å². The van der Waals surface area contributed by atoms with Gasteiger partial charge in [-0.3, -0.25) is 0 Å². The van der Waals surface area contributed by atoms with Gasteiger partial charge >= 0.3 is 143 Å². The van der Waals surface area contributed by atoms with Crippen LogP contribution in [0.4, 0.5) is 0 Å². The molecule has 0 aliphatic heterocycles. The Labute approximate surface area is 143 Å². The van der Waals surface area contributed by atoms with E-state index in [9.17, 15) is 4.79 Å². The Morgan fingerprint density at radius 2 is 1.26 bits per heavy atom. The van der Waals surface area contributed by atoms with Crippen molar-refractivity contribution in [3.05, 3.63) is 102 Å². The van der Waals surface area contributed by atoms with Gasteiger partial charge in [0.25, 0.3) is 0 Å². The van der Waals surface area contributed by atoms with Crippen molar-refractivity contribution in [2.45, 2.75) is 11.2 Å². The molecular formula is C21H18OSe. The Kier molecular flexibility index (Phi) is 5.41. The minimum absolute atomic E-state index is 0.0705. The van der Waals surface area contributed by atoms with Crippen molar-refractivity contribution in [1.82, 2.24) is 0 Å². The van der Waals surface area contributed by atoms with Crippen molar-refractivity contribution in [2.24, 2.45) is 0 Å². The van der Waals surface area contributed by atoms with Crippen LogP contribution in [0.25, 0.3) is 0 Å². The summed E-state index contributed by atoms with van der Waals surface area (Å²) in [6, 6.07) is 30.2. The van der Waals surface area contributed by atoms with E-state index in [4.69, 9.17) is 0 Å². The fourth-order valence-electron chi connectivity index (χ4n) is 2.51. The molecule has 0 fully saturated rings. The molecule has 23 heavy (non-hydrogen) atoms. The summed E-state index contributed by atoms with van der Waals surface area (Å²) in [4.78, 5) is 13.0. The van der Waals surface area contributed by atoms with Gasteiger partial charge in [-0.1, -0.05) is 0 Å². The molecule has 1 unspecified atom stereocenters. The normalized spacial score (nSPS) is 11.8. The number of carbonyl (C=O) groups is 1. The van der Waals surface area contributed by atoms with E-state index in [0.717, 1.165) is 16.4 Å². The van der Waals surface area contributed by atoms with Gasteiger partial charge in [-0.05, 0) is 0 Å². The fourth-order valence-corrected chi connectivity index (χ4v) is 4.72. The monoisotopic (exact) mass is 366 g/mol. The molecule has 0 aliphatic rings. The third kappa shape index (κ3) is 4.19. The molecule has 1 nitrogen and oxygen atoms in total. The molecule has 114 valence electrons. The molecule has 0 aromatic heterocycles. The van der Waals surface area contributed by atoms with Crippen LogP contribution in [0.15, 0.2) is 91.0 Å². The van der Waals surface area contributed by atoms with E-state index in [2.05, 4.69) is 36.4 Å². The van der Waals surface area contributed by atoms with Crippen LogP contribution in [-0.2, 0) is 0 Å². The summed E-state index contributed by atoms with van der Waals surface area (Å²) in [5.74, 6) is 0.147. The molecule has 0 spiro atoms. The van der Waals surface area contributed by atoms with Gasteiger partial charge in [0.15, 0.2) is 0 Å². The topological polar surface area (TPSA) is 17.1 Å². The predicted molar refractivity (Wildman–Crippen MR) is 96.6 cm³/mol. The van der Waals surface area contributed by atoms with Crippen LogP contribution in [0.1, 0.15) is 21.8 Å². The second-order valence-corrected chi connectivity index (χ2v) is 7.61. The summed E-state index contributed by atoms with van der Waals surface area (Å²) in [7, 11) is 0. The molecular weight excluding hydrogens is 347 g/mol. The molecule has 0 N–H and O–H groups in total. The minimum atomic E-state index is -0.0705. The Morgan fingerprint density at radius 3 is 1.87 bits per heavy atom. The summed E-state index contributed by atoms with van der Waals surface area (Å²) >= 11 is 0.284. The quantitative estimate of drug-likeness (QED) is 0.475. The van der Waals surface area contributed by atoms with Crippen molar-refractivity contribution in [3.8, 4) is 0 Å². The zero-order valence-electron chi connectivity index (χ0n) is 12.8. The van der Waals surface area contributed by atoms with Crippen LogP contribution in [0.3, 0.4) is 0 Å². The van der Waals surface area contributed by atoms with Crippen molar-refractivity contribution in [2.75, 3.05) is 0 Å². The first-order chi connectivity index (χ1) is 11.3. The standard InChI is InChI=1S/C21H18OSe/c22-21(18-12-6-2-7-13-18)20(17-10-4-1-5-11-17)16-23-19-14-8-3-9-15-19/h1-15,20H,16H2. The van der Waals surface area contributed by atoms with Gasteiger partial charge < -0.3 is 0 Å². The SMILES string of the molecule is O=C(c1ccccc1)C(C[Se]c1ccccc1)c1ccccc1. The summed E-state index contributed by atoms with van der Waals surface area (Å²) in [6.07, 6.45) is 0. The van der Waals surface area contributed by atoms with Crippen LogP contribution in [0.2, 0.25) is 5.32 Å². The van der Waals surface area contributed by atoms with Crippen LogP contribution >= 0.6 is 0 Å². The number of benzene rings is 3. The van der Waals surface area contributed by atoms with Crippen LogP contribution < -0.4 is 4.46 Å². The summed E-state index contributed by atoms with van der Waals surface area (Å²) in [5, 5.41) is 0.884. The van der Waals surface area contributed by atoms with Gasteiger partial charge in [0, 0.05) is 0 Å². The second kappa shape index (κ2) is 7.92. The van der Waals surface area contributed by atoms with Gasteiger partial charge in [0.05, 0.1) is 0 Å². The molecule has 3 aromatic rings. The van der Waals surface area contributed by atoms with Crippen molar-refractivity contribution in [3.63, 3.8) is 0 Å². The molecule has 3 rings (SSSR count). The fraction of sp³-hybridized carbons (Fsp3) is 0.0952. The molecule has 0 saturated heterocycles. The number of carbonyl (C=O) groups excluding carboxylic acids is 1. The average molecular weight is 365 g/mol. The Hall–Kier alpha value is -2.15. The maximum atomic E-state index is 13.0. The van der Waals surface area contributed by atoms with Gasteiger partial charge in [0.1, 0.15) is 0 Å². The summed E-state index contributed by atoms with van der Waals surface area (Å²) < 4.78 is 1.33. The van der Waals surface area contributed by atoms with E-state index in [0.29, 0.717) is 0 Å². The molecule has 0 saturated carbocycles. The Bertz CT molecular complexity index is 739. The molecule has 0 bridgehead atoms. The maximum absolute atomic E-state index is 13.0. The van der Waals surface area contributed by atoms with Crippen LogP contribution in [0.5, 0.6) is 0 Å². The van der Waals surface area contributed by atoms with Gasteiger partial charge in [-0.15, -0.1) is 0 Å². The van der Waals surface area contributed by atoms with Crippen molar-refractivity contribution < 1.29 is 4.79 Å². The molecule has 2 heteroatoms. The first-order valence-electron chi connectivity index (χ1n) is 7.66. The van der Waals surface area contributed by atoms with Gasteiger partial charge in [0.2, 0.25) is 0 Å². The summed E-state index contributed by atoms with van der Waals surface area (Å²) in [5.41, 5.74) is 1.91. The number of hydrogen-bond acceptors (Lipinski definition) is 1. The third-order valence-corrected chi connectivity index (χ3v) is 6.06. The van der Waals surface area contributed by atoms with E-state index in [-0.39, 0.29) is 26.7 Å². The molecule has 0 aliphatic carbocycles.